The zero-order chi connectivity index (χ0) is 15.7. The highest BCUT2D eigenvalue weighted by molar-refractivity contribution is 7.13. The van der Waals surface area contributed by atoms with Gasteiger partial charge in [-0.25, -0.2) is 16.8 Å². The second kappa shape index (κ2) is 8.94. The molecule has 1 aromatic carbocycles. The van der Waals surface area contributed by atoms with E-state index in [0.29, 0.717) is 11.7 Å². The Balaban J connectivity index is 0.000000219. The molecule has 2 rings (SSSR count). The van der Waals surface area contributed by atoms with Crippen LogP contribution in [0.2, 0.25) is 0 Å². The van der Waals surface area contributed by atoms with Crippen molar-refractivity contribution in [3.8, 4) is 0 Å². The van der Waals surface area contributed by atoms with Gasteiger partial charge in [-0.2, -0.15) is 0 Å². The topological polar surface area (TPSA) is 153 Å². The Morgan fingerprint density at radius 2 is 1.81 bits per heavy atom. The average molecular weight is 313 g/mol. The van der Waals surface area contributed by atoms with Gasteiger partial charge in [0.05, 0.1) is 17.2 Å². The lowest BCUT2D eigenvalue weighted by atomic mass is 10.2. The lowest BCUT2D eigenvalue weighted by Gasteiger charge is -1.96. The van der Waals surface area contributed by atoms with E-state index in [-0.39, 0.29) is 12.3 Å². The summed E-state index contributed by atoms with van der Waals surface area (Å²) in [4.78, 5) is 22.3. The molecule has 0 radical (unpaired) electrons. The molecule has 114 valence electrons. The normalized spacial score (nSPS) is 9.81. The molecule has 0 saturated heterocycles. The Hall–Kier alpha value is -2.11. The minimum atomic E-state index is -0.451. The number of hydrogen-bond donors (Lipinski definition) is 3. The van der Waals surface area contributed by atoms with Crippen LogP contribution in [0.1, 0.15) is 11.3 Å². The maximum Gasteiger partial charge on any atom is 0.269 e. The van der Waals surface area contributed by atoms with Crippen LogP contribution in [0.5, 0.6) is 0 Å². The molecule has 0 aliphatic heterocycles. The summed E-state index contributed by atoms with van der Waals surface area (Å²) in [5, 5.41) is 12.6. The number of non-ortho nitro benzene ring substituents is 1. The van der Waals surface area contributed by atoms with Crippen molar-refractivity contribution in [1.29, 1.82) is 0 Å². The van der Waals surface area contributed by atoms with E-state index in [2.05, 4.69) is 14.7 Å². The first-order chi connectivity index (χ1) is 10.1. The molecule has 0 bridgehead atoms. The van der Waals surface area contributed by atoms with E-state index in [4.69, 9.17) is 17.5 Å². The fourth-order valence-electron chi connectivity index (χ4n) is 1.28. The number of thiazole rings is 1. The van der Waals surface area contributed by atoms with Crippen LogP contribution in [-0.2, 0) is 22.9 Å². The molecule has 0 aliphatic rings. The van der Waals surface area contributed by atoms with E-state index < -0.39 is 4.92 Å². The molecule has 6 N–H and O–H groups in total. The molecule has 0 fully saturated rings. The van der Waals surface area contributed by atoms with Gasteiger partial charge in [-0.3, -0.25) is 19.8 Å². The van der Waals surface area contributed by atoms with Crippen LogP contribution >= 0.6 is 11.3 Å². The van der Waals surface area contributed by atoms with Crippen molar-refractivity contribution in [2.24, 2.45) is 11.8 Å². The molecule has 0 atom stereocenters. The summed E-state index contributed by atoms with van der Waals surface area (Å²) in [6.07, 6.45) is 0. The Labute approximate surface area is 124 Å². The van der Waals surface area contributed by atoms with Crippen molar-refractivity contribution < 1.29 is 14.6 Å². The lowest BCUT2D eigenvalue weighted by Crippen LogP contribution is -1.98. The van der Waals surface area contributed by atoms with Crippen LogP contribution in [-0.4, -0.2) is 9.91 Å². The molecule has 21 heavy (non-hydrogen) atoms. The number of nitrogen functional groups attached to an aromatic ring is 1. The van der Waals surface area contributed by atoms with E-state index in [1.54, 1.807) is 12.1 Å². The van der Waals surface area contributed by atoms with Gasteiger partial charge in [0.2, 0.25) is 0 Å². The highest BCUT2D eigenvalue weighted by atomic mass is 32.1. The number of rotatable bonds is 5. The smallest absolute Gasteiger partial charge is 0.269 e. The molecule has 0 aliphatic carbocycles. The molecule has 0 unspecified atom stereocenters. The minimum Gasteiger partial charge on any atom is -0.375 e. The van der Waals surface area contributed by atoms with Gasteiger partial charge in [0, 0.05) is 17.5 Å². The molecule has 0 amide bonds. The predicted molar refractivity (Wildman–Crippen MR) is 77.6 cm³/mol. The fourth-order valence-corrected chi connectivity index (χ4v) is 1.83. The number of nitro benzene ring substituents is 1. The van der Waals surface area contributed by atoms with Crippen molar-refractivity contribution in [2.45, 2.75) is 13.2 Å². The number of hydrogen-bond acceptors (Lipinski definition) is 9. The van der Waals surface area contributed by atoms with Gasteiger partial charge in [-0.15, -0.1) is 11.3 Å². The van der Waals surface area contributed by atoms with Gasteiger partial charge in [0.1, 0.15) is 6.61 Å². The van der Waals surface area contributed by atoms with Crippen LogP contribution in [0.25, 0.3) is 0 Å². The van der Waals surface area contributed by atoms with E-state index in [0.717, 1.165) is 11.3 Å². The number of nitro groups is 1. The molecular formula is C11H15N5O4S. The molecular weight excluding hydrogens is 298 g/mol. The number of benzene rings is 1. The predicted octanol–water partition coefficient (Wildman–Crippen LogP) is 1.10. The van der Waals surface area contributed by atoms with Crippen molar-refractivity contribution in [3.63, 3.8) is 0 Å². The first-order valence-electron chi connectivity index (χ1n) is 5.63. The van der Waals surface area contributed by atoms with Crippen molar-refractivity contribution >= 4 is 22.2 Å². The zero-order valence-electron chi connectivity index (χ0n) is 11.0. The van der Waals surface area contributed by atoms with Crippen LogP contribution in [0.15, 0.2) is 29.6 Å². The summed E-state index contributed by atoms with van der Waals surface area (Å²) in [6, 6.07) is 6.03. The minimum absolute atomic E-state index is 0.0655. The maximum absolute atomic E-state index is 10.2. The summed E-state index contributed by atoms with van der Waals surface area (Å²) in [6.45, 7) is 0.589. The van der Waals surface area contributed by atoms with Crippen LogP contribution in [0.4, 0.5) is 10.8 Å². The Morgan fingerprint density at radius 1 is 1.19 bits per heavy atom. The molecule has 0 spiro atoms. The molecule has 1 heterocycles. The third kappa shape index (κ3) is 6.25. The van der Waals surface area contributed by atoms with Gasteiger partial charge in [-0.1, -0.05) is 0 Å². The number of aromatic nitrogens is 1. The summed E-state index contributed by atoms with van der Waals surface area (Å²) in [7, 11) is 0. The van der Waals surface area contributed by atoms with Crippen LogP contribution < -0.4 is 17.5 Å². The lowest BCUT2D eigenvalue weighted by molar-refractivity contribution is -0.384. The summed E-state index contributed by atoms with van der Waals surface area (Å²) < 4.78 is 0. The number of nitrogens with zero attached hydrogens (tertiary/aromatic N) is 2. The number of nitrogens with two attached hydrogens (primary N) is 3. The van der Waals surface area contributed by atoms with Gasteiger partial charge in [-0.05, 0) is 17.7 Å². The van der Waals surface area contributed by atoms with Crippen LogP contribution in [0, 0.1) is 10.1 Å². The van der Waals surface area contributed by atoms with E-state index >= 15 is 0 Å². The maximum atomic E-state index is 10.2. The second-order valence-corrected chi connectivity index (χ2v) is 4.61. The van der Waals surface area contributed by atoms with Crippen LogP contribution in [0.3, 0.4) is 0 Å². The molecule has 2 aromatic rings. The zero-order valence-corrected chi connectivity index (χ0v) is 11.8. The van der Waals surface area contributed by atoms with E-state index in [1.165, 1.54) is 23.5 Å². The standard InChI is InChI=1S/C7H8N2O3.C4H7N3OS/c8-12-5-6-1-3-7(4-2-6)9(10)11;5-4-7-3(1-8-6)2-9-4/h1-4H,5,8H2;2H,1,6H2,(H2,5,7). The first-order valence-corrected chi connectivity index (χ1v) is 6.51. The highest BCUT2D eigenvalue weighted by Crippen LogP contribution is 2.12. The van der Waals surface area contributed by atoms with Crippen molar-refractivity contribution in [2.75, 3.05) is 5.73 Å². The fraction of sp³-hybridized carbons (Fsp3) is 0.182. The third-order valence-electron chi connectivity index (χ3n) is 2.20. The quantitative estimate of drug-likeness (QED) is 0.548. The molecule has 9 nitrogen and oxygen atoms in total. The first kappa shape index (κ1) is 16.9. The van der Waals surface area contributed by atoms with E-state index in [1.807, 2.05) is 5.38 Å². The van der Waals surface area contributed by atoms with Gasteiger partial charge in [0.25, 0.3) is 5.69 Å². The monoisotopic (exact) mass is 313 g/mol. The Morgan fingerprint density at radius 3 is 2.24 bits per heavy atom. The molecule has 10 heteroatoms. The Bertz CT molecular complexity index is 560. The van der Waals surface area contributed by atoms with Crippen molar-refractivity contribution in [3.05, 3.63) is 51.0 Å². The summed E-state index contributed by atoms with van der Waals surface area (Å²) in [5.74, 6) is 9.62. The van der Waals surface area contributed by atoms with Gasteiger partial charge >= 0.3 is 0 Å². The SMILES string of the molecule is NOCc1ccc([N+](=O)[O-])cc1.NOCc1csc(N)n1. The average Bonchev–Trinajstić information content (AvgIpc) is 2.86. The van der Waals surface area contributed by atoms with Gasteiger partial charge in [0.15, 0.2) is 5.13 Å². The Kier molecular flexibility index (Phi) is 7.21. The van der Waals surface area contributed by atoms with Gasteiger partial charge < -0.3 is 5.73 Å². The summed E-state index contributed by atoms with van der Waals surface area (Å²) in [5.41, 5.74) is 6.97. The van der Waals surface area contributed by atoms with Crippen molar-refractivity contribution in [1.82, 2.24) is 4.98 Å². The second-order valence-electron chi connectivity index (χ2n) is 3.72. The number of anilines is 1. The molecule has 0 saturated carbocycles. The third-order valence-corrected chi connectivity index (χ3v) is 2.92. The van der Waals surface area contributed by atoms with E-state index in [9.17, 15) is 10.1 Å². The largest absolute Gasteiger partial charge is 0.375 e. The molecule has 1 aromatic heterocycles. The summed E-state index contributed by atoms with van der Waals surface area (Å²) >= 11 is 1.38. The highest BCUT2D eigenvalue weighted by Gasteiger charge is 2.02.